The molecule has 1 aromatic carbocycles. The zero-order valence-corrected chi connectivity index (χ0v) is 14.0. The second kappa shape index (κ2) is 6.21. The molecule has 1 saturated carbocycles. The summed E-state index contributed by atoms with van der Waals surface area (Å²) in [5.41, 5.74) is 1.95. The van der Waals surface area contributed by atoms with E-state index in [1.165, 1.54) is 5.01 Å². The first-order chi connectivity index (χ1) is 10.6. The summed E-state index contributed by atoms with van der Waals surface area (Å²) in [5.74, 6) is 0.638. The molecule has 0 unspecified atom stereocenters. The largest absolute Gasteiger partial charge is 0.355 e. The predicted octanol–water partition coefficient (Wildman–Crippen LogP) is 3.66. The monoisotopic (exact) mass is 314 g/mol. The molecule has 1 aromatic heterocycles. The van der Waals surface area contributed by atoms with Gasteiger partial charge < -0.3 is 5.32 Å². The molecule has 1 heterocycles. The van der Waals surface area contributed by atoms with Crippen LogP contribution in [0.4, 0.5) is 0 Å². The van der Waals surface area contributed by atoms with Gasteiger partial charge in [0.15, 0.2) is 0 Å². The number of carbonyl (C=O) groups excluding carboxylic acids is 1. The van der Waals surface area contributed by atoms with E-state index in [4.69, 9.17) is 0 Å². The van der Waals surface area contributed by atoms with Gasteiger partial charge in [0.05, 0.1) is 16.1 Å². The fourth-order valence-corrected chi connectivity index (χ4v) is 3.57. The molecule has 0 spiro atoms. The fourth-order valence-electron chi connectivity index (χ4n) is 2.70. The lowest BCUT2D eigenvalue weighted by molar-refractivity contribution is -0.123. The summed E-state index contributed by atoms with van der Waals surface area (Å²) in [5, 5.41) is 6.37. The number of hydrogen-bond donors (Lipinski definition) is 1. The molecule has 2 aromatic rings. The third kappa shape index (κ3) is 3.07. The van der Waals surface area contributed by atoms with Gasteiger partial charge in [0.25, 0.3) is 0 Å². The lowest BCUT2D eigenvalue weighted by Crippen LogP contribution is -2.35. The topological polar surface area (TPSA) is 42.0 Å². The van der Waals surface area contributed by atoms with Crippen LogP contribution in [0.25, 0.3) is 0 Å². The van der Waals surface area contributed by atoms with Crippen LogP contribution in [0.3, 0.4) is 0 Å². The van der Waals surface area contributed by atoms with Crippen molar-refractivity contribution in [2.75, 3.05) is 6.54 Å². The summed E-state index contributed by atoms with van der Waals surface area (Å²) in [7, 11) is 0. The molecule has 1 N–H and O–H groups in total. The van der Waals surface area contributed by atoms with Gasteiger partial charge in [0.2, 0.25) is 5.91 Å². The number of aromatic nitrogens is 1. The zero-order valence-electron chi connectivity index (χ0n) is 13.1. The highest BCUT2D eigenvalue weighted by Crippen LogP contribution is 2.48. The van der Waals surface area contributed by atoms with Crippen LogP contribution in [0.15, 0.2) is 35.7 Å². The second-order valence-corrected chi connectivity index (χ2v) is 7.18. The van der Waals surface area contributed by atoms with Crippen molar-refractivity contribution in [1.82, 2.24) is 10.3 Å². The van der Waals surface area contributed by atoms with Crippen LogP contribution in [0.5, 0.6) is 0 Å². The van der Waals surface area contributed by atoms with E-state index in [0.717, 1.165) is 30.5 Å². The Labute approximate surface area is 135 Å². The van der Waals surface area contributed by atoms with Crippen LogP contribution in [0.1, 0.15) is 48.9 Å². The van der Waals surface area contributed by atoms with Crippen molar-refractivity contribution in [1.29, 1.82) is 0 Å². The molecular weight excluding hydrogens is 292 g/mol. The molecule has 22 heavy (non-hydrogen) atoms. The average molecular weight is 314 g/mol. The number of amides is 1. The maximum Gasteiger partial charge on any atom is 0.230 e. The SMILES string of the molecule is CC(C)c1nc(CCNC(=O)C2(c3ccccc3)CC2)cs1. The molecule has 3 nitrogen and oxygen atoms in total. The van der Waals surface area contributed by atoms with Crippen molar-refractivity contribution >= 4 is 17.2 Å². The van der Waals surface area contributed by atoms with Crippen LogP contribution in [-0.2, 0) is 16.6 Å². The molecule has 3 rings (SSSR count). The standard InChI is InChI=1S/C18H22N2OS/c1-13(2)16-20-15(12-22-16)8-11-19-17(21)18(9-10-18)14-6-4-3-5-7-14/h3-7,12-13H,8-11H2,1-2H3,(H,19,21). The van der Waals surface area contributed by atoms with Crippen molar-refractivity contribution in [3.63, 3.8) is 0 Å². The quantitative estimate of drug-likeness (QED) is 0.884. The average Bonchev–Trinajstić information content (AvgIpc) is 3.21. The first kappa shape index (κ1) is 15.2. The highest BCUT2D eigenvalue weighted by atomic mass is 32.1. The Hall–Kier alpha value is -1.68. The Morgan fingerprint density at radius 1 is 1.32 bits per heavy atom. The summed E-state index contributed by atoms with van der Waals surface area (Å²) >= 11 is 1.71. The third-order valence-corrected chi connectivity index (χ3v) is 5.44. The van der Waals surface area contributed by atoms with Gasteiger partial charge in [0, 0.05) is 24.3 Å². The van der Waals surface area contributed by atoms with Gasteiger partial charge in [-0.1, -0.05) is 44.2 Å². The number of benzene rings is 1. The van der Waals surface area contributed by atoms with E-state index < -0.39 is 0 Å². The maximum absolute atomic E-state index is 12.5. The Balaban J connectivity index is 1.54. The molecule has 116 valence electrons. The number of carbonyl (C=O) groups is 1. The van der Waals surface area contributed by atoms with E-state index >= 15 is 0 Å². The van der Waals surface area contributed by atoms with E-state index in [2.05, 4.69) is 41.7 Å². The summed E-state index contributed by atoms with van der Waals surface area (Å²) in [6, 6.07) is 10.1. The number of hydrogen-bond acceptors (Lipinski definition) is 3. The normalized spacial score (nSPS) is 15.8. The lowest BCUT2D eigenvalue weighted by Gasteiger charge is -2.15. The van der Waals surface area contributed by atoms with Crippen molar-refractivity contribution in [3.05, 3.63) is 52.0 Å². The van der Waals surface area contributed by atoms with Gasteiger partial charge in [-0.25, -0.2) is 4.98 Å². The summed E-state index contributed by atoms with van der Waals surface area (Å²) in [4.78, 5) is 17.1. The van der Waals surface area contributed by atoms with Gasteiger partial charge >= 0.3 is 0 Å². The number of rotatable bonds is 6. The smallest absolute Gasteiger partial charge is 0.230 e. The van der Waals surface area contributed by atoms with Crippen molar-refractivity contribution in [2.45, 2.75) is 44.4 Å². The van der Waals surface area contributed by atoms with Gasteiger partial charge in [-0.2, -0.15) is 0 Å². The molecule has 1 amide bonds. The summed E-state index contributed by atoms with van der Waals surface area (Å²) < 4.78 is 0. The van der Waals surface area contributed by atoms with Crippen molar-refractivity contribution < 1.29 is 4.79 Å². The van der Waals surface area contributed by atoms with E-state index in [0.29, 0.717) is 12.5 Å². The van der Waals surface area contributed by atoms with Gasteiger partial charge in [0.1, 0.15) is 0 Å². The van der Waals surface area contributed by atoms with Crippen molar-refractivity contribution in [2.24, 2.45) is 0 Å². The molecule has 0 saturated heterocycles. The minimum atomic E-state index is -0.271. The molecule has 0 bridgehead atoms. The summed E-state index contributed by atoms with van der Waals surface area (Å²) in [6.45, 7) is 4.97. The van der Waals surface area contributed by atoms with Crippen LogP contribution < -0.4 is 5.32 Å². The van der Waals surface area contributed by atoms with Crippen LogP contribution in [-0.4, -0.2) is 17.4 Å². The highest BCUT2D eigenvalue weighted by molar-refractivity contribution is 7.09. The van der Waals surface area contributed by atoms with Crippen LogP contribution >= 0.6 is 11.3 Å². The van der Waals surface area contributed by atoms with Gasteiger partial charge in [-0.3, -0.25) is 4.79 Å². The molecule has 1 aliphatic carbocycles. The summed E-state index contributed by atoms with van der Waals surface area (Å²) in [6.07, 6.45) is 2.72. The molecule has 0 radical (unpaired) electrons. The highest BCUT2D eigenvalue weighted by Gasteiger charge is 2.50. The first-order valence-corrected chi connectivity index (χ1v) is 8.78. The third-order valence-electron chi connectivity index (χ3n) is 4.24. The second-order valence-electron chi connectivity index (χ2n) is 6.29. The Morgan fingerprint density at radius 3 is 2.64 bits per heavy atom. The molecule has 1 fully saturated rings. The fraction of sp³-hybridized carbons (Fsp3) is 0.444. The van der Waals surface area contributed by atoms with Gasteiger partial charge in [-0.05, 0) is 18.4 Å². The Bertz CT molecular complexity index is 644. The zero-order chi connectivity index (χ0) is 15.6. The van der Waals surface area contributed by atoms with E-state index in [1.54, 1.807) is 11.3 Å². The van der Waals surface area contributed by atoms with E-state index in [-0.39, 0.29) is 11.3 Å². The predicted molar refractivity (Wildman–Crippen MR) is 90.3 cm³/mol. The Morgan fingerprint density at radius 2 is 2.05 bits per heavy atom. The molecule has 4 heteroatoms. The van der Waals surface area contributed by atoms with E-state index in [9.17, 15) is 4.79 Å². The number of nitrogens with zero attached hydrogens (tertiary/aromatic N) is 1. The number of nitrogens with one attached hydrogen (secondary N) is 1. The molecule has 1 aliphatic rings. The Kier molecular flexibility index (Phi) is 4.30. The minimum Gasteiger partial charge on any atom is -0.355 e. The lowest BCUT2D eigenvalue weighted by atomic mass is 9.95. The first-order valence-electron chi connectivity index (χ1n) is 7.90. The van der Waals surface area contributed by atoms with Crippen molar-refractivity contribution in [3.8, 4) is 0 Å². The van der Waals surface area contributed by atoms with Gasteiger partial charge in [-0.15, -0.1) is 11.3 Å². The van der Waals surface area contributed by atoms with E-state index in [1.807, 2.05) is 18.2 Å². The number of thiazole rings is 1. The van der Waals surface area contributed by atoms with Crippen LogP contribution in [0, 0.1) is 0 Å². The van der Waals surface area contributed by atoms with Crippen LogP contribution in [0.2, 0.25) is 0 Å². The maximum atomic E-state index is 12.5. The molecule has 0 atom stereocenters. The molecule has 0 aliphatic heterocycles. The minimum absolute atomic E-state index is 0.165. The molecular formula is C18H22N2OS.